The van der Waals surface area contributed by atoms with Crippen molar-refractivity contribution < 1.29 is 9.59 Å². The van der Waals surface area contributed by atoms with Crippen LogP contribution in [-0.4, -0.2) is 34.8 Å². The van der Waals surface area contributed by atoms with Gasteiger partial charge in [-0.05, 0) is 38.0 Å². The third kappa shape index (κ3) is 2.82. The van der Waals surface area contributed by atoms with Crippen molar-refractivity contribution >= 4 is 11.8 Å². The number of hydrogen-bond donors (Lipinski definition) is 1. The van der Waals surface area contributed by atoms with Gasteiger partial charge in [0, 0.05) is 6.54 Å². The molecule has 1 saturated heterocycles. The molecule has 1 heterocycles. The second kappa shape index (κ2) is 5.98. The molecule has 21 heavy (non-hydrogen) atoms. The van der Waals surface area contributed by atoms with Crippen LogP contribution in [0.2, 0.25) is 0 Å². The van der Waals surface area contributed by atoms with Crippen LogP contribution in [0.15, 0.2) is 0 Å². The minimum Gasteiger partial charge on any atom is -0.340 e. The maximum atomic E-state index is 13.0. The Hall–Kier alpha value is -1.06. The van der Waals surface area contributed by atoms with Crippen molar-refractivity contribution in [2.24, 2.45) is 5.92 Å². The average molecular weight is 292 g/mol. The summed E-state index contributed by atoms with van der Waals surface area (Å²) in [6, 6.07) is -0.176. The molecule has 0 aromatic rings. The Labute approximate surface area is 127 Å². The summed E-state index contributed by atoms with van der Waals surface area (Å²) in [6.45, 7) is 2.97. The van der Waals surface area contributed by atoms with Crippen LogP contribution in [0.1, 0.15) is 71.1 Å². The van der Waals surface area contributed by atoms with E-state index in [-0.39, 0.29) is 17.9 Å². The molecule has 3 aliphatic rings. The standard InChI is InChI=1S/C17H28N2O2/c1-2-3-4-7-12-19-14(13-8-9-13)15(20)18-17(16(19)21)10-5-6-11-17/h13-14H,2-12H2,1H3,(H,18,20). The predicted octanol–water partition coefficient (Wildman–Crippen LogP) is 2.62. The quantitative estimate of drug-likeness (QED) is 0.765. The molecule has 2 amide bonds. The number of unbranched alkanes of at least 4 members (excludes halogenated alkanes) is 3. The van der Waals surface area contributed by atoms with Crippen molar-refractivity contribution in [3.05, 3.63) is 0 Å². The van der Waals surface area contributed by atoms with Crippen LogP contribution < -0.4 is 5.32 Å². The molecule has 3 rings (SSSR count). The van der Waals surface area contributed by atoms with Gasteiger partial charge in [0.2, 0.25) is 11.8 Å². The highest BCUT2D eigenvalue weighted by atomic mass is 16.2. The van der Waals surface area contributed by atoms with E-state index in [0.717, 1.165) is 57.9 Å². The first kappa shape index (κ1) is 14.9. The first-order valence-electron chi connectivity index (χ1n) is 8.81. The van der Waals surface area contributed by atoms with E-state index in [4.69, 9.17) is 0 Å². The molecule has 1 atom stereocenters. The number of piperazine rings is 1. The van der Waals surface area contributed by atoms with Gasteiger partial charge in [-0.1, -0.05) is 39.0 Å². The van der Waals surface area contributed by atoms with Crippen LogP contribution in [0.3, 0.4) is 0 Å². The SMILES string of the molecule is CCCCCCN1C(=O)C2(CCCC2)NC(=O)C1C1CC1. The van der Waals surface area contributed by atoms with Gasteiger partial charge >= 0.3 is 0 Å². The Balaban J connectivity index is 1.73. The van der Waals surface area contributed by atoms with E-state index in [2.05, 4.69) is 12.2 Å². The highest BCUT2D eigenvalue weighted by molar-refractivity contribution is 6.00. The van der Waals surface area contributed by atoms with E-state index < -0.39 is 5.54 Å². The van der Waals surface area contributed by atoms with Crippen molar-refractivity contribution in [2.45, 2.75) is 82.7 Å². The minimum absolute atomic E-state index is 0.120. The Morgan fingerprint density at radius 3 is 2.48 bits per heavy atom. The summed E-state index contributed by atoms with van der Waals surface area (Å²) in [5.41, 5.74) is -0.548. The second-order valence-electron chi connectivity index (χ2n) is 7.12. The van der Waals surface area contributed by atoms with Crippen LogP contribution >= 0.6 is 0 Å². The van der Waals surface area contributed by atoms with Crippen molar-refractivity contribution in [3.63, 3.8) is 0 Å². The zero-order valence-corrected chi connectivity index (χ0v) is 13.2. The van der Waals surface area contributed by atoms with E-state index in [0.29, 0.717) is 5.92 Å². The molecule has 1 N–H and O–H groups in total. The lowest BCUT2D eigenvalue weighted by Gasteiger charge is -2.44. The van der Waals surface area contributed by atoms with E-state index in [1.165, 1.54) is 12.8 Å². The van der Waals surface area contributed by atoms with Crippen LogP contribution in [0.5, 0.6) is 0 Å². The number of nitrogens with one attached hydrogen (secondary N) is 1. The lowest BCUT2D eigenvalue weighted by Crippen LogP contribution is -2.70. The summed E-state index contributed by atoms with van der Waals surface area (Å²) in [6.07, 6.45) is 10.6. The molecule has 1 unspecified atom stereocenters. The molecular weight excluding hydrogens is 264 g/mol. The van der Waals surface area contributed by atoms with E-state index in [1.807, 2.05) is 4.90 Å². The molecule has 118 valence electrons. The summed E-state index contributed by atoms with van der Waals surface area (Å²) >= 11 is 0. The maximum Gasteiger partial charge on any atom is 0.249 e. The van der Waals surface area contributed by atoms with E-state index in [1.54, 1.807) is 0 Å². The normalized spacial score (nSPS) is 28.2. The number of carbonyl (C=O) groups is 2. The van der Waals surface area contributed by atoms with Crippen LogP contribution in [0.25, 0.3) is 0 Å². The summed E-state index contributed by atoms with van der Waals surface area (Å²) in [5.74, 6) is 0.751. The molecule has 0 aromatic carbocycles. The third-order valence-electron chi connectivity index (χ3n) is 5.42. The van der Waals surface area contributed by atoms with Crippen LogP contribution in [0, 0.1) is 5.92 Å². The van der Waals surface area contributed by atoms with Crippen LogP contribution in [-0.2, 0) is 9.59 Å². The second-order valence-corrected chi connectivity index (χ2v) is 7.12. The van der Waals surface area contributed by atoms with Crippen molar-refractivity contribution in [2.75, 3.05) is 6.54 Å². The van der Waals surface area contributed by atoms with Crippen molar-refractivity contribution in [1.82, 2.24) is 10.2 Å². The molecule has 4 nitrogen and oxygen atoms in total. The van der Waals surface area contributed by atoms with Gasteiger partial charge in [0.05, 0.1) is 0 Å². The monoisotopic (exact) mass is 292 g/mol. The topological polar surface area (TPSA) is 49.4 Å². The smallest absolute Gasteiger partial charge is 0.249 e. The predicted molar refractivity (Wildman–Crippen MR) is 81.7 cm³/mol. The van der Waals surface area contributed by atoms with Crippen molar-refractivity contribution in [3.8, 4) is 0 Å². The number of rotatable bonds is 6. The van der Waals surface area contributed by atoms with E-state index >= 15 is 0 Å². The summed E-state index contributed by atoms with van der Waals surface area (Å²) in [5, 5.41) is 3.11. The van der Waals surface area contributed by atoms with E-state index in [9.17, 15) is 9.59 Å². The molecule has 3 fully saturated rings. The molecule has 0 radical (unpaired) electrons. The van der Waals surface area contributed by atoms with Gasteiger partial charge in [0.15, 0.2) is 0 Å². The molecule has 4 heteroatoms. The molecule has 2 aliphatic carbocycles. The maximum absolute atomic E-state index is 13.0. The Morgan fingerprint density at radius 2 is 1.86 bits per heavy atom. The van der Waals surface area contributed by atoms with Gasteiger partial charge in [0.25, 0.3) is 0 Å². The molecule has 1 spiro atoms. The lowest BCUT2D eigenvalue weighted by atomic mass is 9.89. The van der Waals surface area contributed by atoms with Crippen LogP contribution in [0.4, 0.5) is 0 Å². The van der Waals surface area contributed by atoms with Gasteiger partial charge in [-0.3, -0.25) is 9.59 Å². The highest BCUT2D eigenvalue weighted by Gasteiger charge is 2.55. The molecule has 0 bridgehead atoms. The number of carbonyl (C=O) groups excluding carboxylic acids is 2. The first-order chi connectivity index (χ1) is 10.2. The average Bonchev–Trinajstić information content (AvgIpc) is 3.19. The zero-order valence-electron chi connectivity index (χ0n) is 13.2. The fourth-order valence-electron chi connectivity index (χ4n) is 4.05. The summed E-state index contributed by atoms with van der Waals surface area (Å²) in [7, 11) is 0. The third-order valence-corrected chi connectivity index (χ3v) is 5.42. The van der Waals surface area contributed by atoms with Gasteiger partial charge in [-0.15, -0.1) is 0 Å². The number of nitrogens with zero attached hydrogens (tertiary/aromatic N) is 1. The Bertz CT molecular complexity index is 411. The summed E-state index contributed by atoms with van der Waals surface area (Å²) in [4.78, 5) is 27.5. The van der Waals surface area contributed by atoms with Gasteiger partial charge < -0.3 is 10.2 Å². The molecule has 2 saturated carbocycles. The lowest BCUT2D eigenvalue weighted by molar-refractivity contribution is -0.155. The largest absolute Gasteiger partial charge is 0.340 e. The Kier molecular flexibility index (Phi) is 4.23. The summed E-state index contributed by atoms with van der Waals surface area (Å²) < 4.78 is 0. The zero-order chi connectivity index (χ0) is 14.9. The fourth-order valence-corrected chi connectivity index (χ4v) is 4.05. The number of amides is 2. The Morgan fingerprint density at radius 1 is 1.14 bits per heavy atom. The van der Waals surface area contributed by atoms with Crippen molar-refractivity contribution in [1.29, 1.82) is 0 Å². The first-order valence-corrected chi connectivity index (χ1v) is 8.81. The minimum atomic E-state index is -0.548. The number of hydrogen-bond acceptors (Lipinski definition) is 2. The molecular formula is C17H28N2O2. The van der Waals surface area contributed by atoms with Gasteiger partial charge in [-0.25, -0.2) is 0 Å². The highest BCUT2D eigenvalue weighted by Crippen LogP contribution is 2.41. The van der Waals surface area contributed by atoms with Gasteiger partial charge in [0.1, 0.15) is 11.6 Å². The molecule has 1 aliphatic heterocycles. The fraction of sp³-hybridized carbons (Fsp3) is 0.882. The van der Waals surface area contributed by atoms with Gasteiger partial charge in [-0.2, -0.15) is 0 Å². The molecule has 0 aromatic heterocycles.